The Morgan fingerprint density at radius 1 is 0.309 bits per heavy atom. The Bertz CT molecular complexity index is 2930. The first-order valence-corrected chi connectivity index (χ1v) is 18.3. The maximum Gasteiger partial charge on any atom is 0.164 e. The lowest BCUT2D eigenvalue weighted by atomic mass is 9.94. The van der Waals surface area contributed by atoms with E-state index < -0.39 is 0 Å². The molecule has 3 heterocycles. The fourth-order valence-electron chi connectivity index (χ4n) is 7.24. The molecular weight excluding hydrogens is 673 g/mol. The Morgan fingerprint density at radius 2 is 0.709 bits per heavy atom. The molecule has 0 aliphatic heterocycles. The van der Waals surface area contributed by atoms with Gasteiger partial charge in [-0.05, 0) is 28.8 Å². The number of hydrogen-bond acceptors (Lipinski definition) is 5. The number of aromatic nitrogens is 4. The third-order valence-electron chi connectivity index (χ3n) is 9.96. The van der Waals surface area contributed by atoms with Gasteiger partial charge in [-0.2, -0.15) is 0 Å². The molecule has 0 saturated carbocycles. The third kappa shape index (κ3) is 6.04. The molecule has 7 aromatic carbocycles. The normalized spacial score (nSPS) is 11.3. The minimum absolute atomic E-state index is 0.598. The molecule has 0 aliphatic carbocycles. The van der Waals surface area contributed by atoms with Crippen molar-refractivity contribution in [1.29, 1.82) is 0 Å². The number of nitrogens with zero attached hydrogens (tertiary/aromatic N) is 4. The molecule has 10 rings (SSSR count). The molecule has 0 saturated heterocycles. The van der Waals surface area contributed by atoms with E-state index in [1.165, 1.54) is 0 Å². The highest BCUT2D eigenvalue weighted by molar-refractivity contribution is 6.16. The van der Waals surface area contributed by atoms with E-state index in [1.807, 2.05) is 78.9 Å². The zero-order valence-electron chi connectivity index (χ0n) is 29.7. The Balaban J connectivity index is 1.13. The van der Waals surface area contributed by atoms with Crippen molar-refractivity contribution in [3.8, 4) is 79.0 Å². The SMILES string of the molecule is c1ccc(-c2ccc(-c3nc(-c4ccccc4)nc(-c4ccc(-c5c(-c6ccccc6)oc6c5c(-c5ccccc5)nc5ccccc56)cc4)n3)cc2)cc1. The van der Waals surface area contributed by atoms with E-state index in [4.69, 9.17) is 24.4 Å². The third-order valence-corrected chi connectivity index (χ3v) is 9.96. The second kappa shape index (κ2) is 13.8. The Hall–Kier alpha value is -7.50. The van der Waals surface area contributed by atoms with Gasteiger partial charge in [0.25, 0.3) is 0 Å². The smallest absolute Gasteiger partial charge is 0.164 e. The second-order valence-corrected chi connectivity index (χ2v) is 13.4. The number of fused-ring (bicyclic) bond motifs is 3. The quantitative estimate of drug-likeness (QED) is 0.165. The van der Waals surface area contributed by atoms with Crippen LogP contribution in [0.25, 0.3) is 101 Å². The van der Waals surface area contributed by atoms with Crippen molar-refractivity contribution in [2.45, 2.75) is 0 Å². The van der Waals surface area contributed by atoms with Crippen LogP contribution in [0.3, 0.4) is 0 Å². The van der Waals surface area contributed by atoms with E-state index >= 15 is 0 Å². The lowest BCUT2D eigenvalue weighted by Gasteiger charge is -2.11. The largest absolute Gasteiger partial charge is 0.455 e. The molecule has 0 spiro atoms. The van der Waals surface area contributed by atoms with E-state index in [1.54, 1.807) is 0 Å². The summed E-state index contributed by atoms with van der Waals surface area (Å²) >= 11 is 0. The summed E-state index contributed by atoms with van der Waals surface area (Å²) in [6.07, 6.45) is 0. The van der Waals surface area contributed by atoms with Crippen molar-refractivity contribution < 1.29 is 4.42 Å². The van der Waals surface area contributed by atoms with E-state index in [0.717, 1.165) is 83.4 Å². The molecule has 0 fully saturated rings. The molecule has 0 atom stereocenters. The van der Waals surface area contributed by atoms with E-state index in [2.05, 4.69) is 115 Å². The minimum Gasteiger partial charge on any atom is -0.455 e. The lowest BCUT2D eigenvalue weighted by Crippen LogP contribution is -2.00. The highest BCUT2D eigenvalue weighted by Gasteiger charge is 2.24. The summed E-state index contributed by atoms with van der Waals surface area (Å²) in [7, 11) is 0. The first kappa shape index (κ1) is 32.2. The zero-order chi connectivity index (χ0) is 36.6. The van der Waals surface area contributed by atoms with Gasteiger partial charge in [0.2, 0.25) is 0 Å². The van der Waals surface area contributed by atoms with Crippen LogP contribution >= 0.6 is 0 Å². The summed E-state index contributed by atoms with van der Waals surface area (Å²) in [6, 6.07) is 66.1. The molecule has 0 unspecified atom stereocenters. The highest BCUT2D eigenvalue weighted by Crippen LogP contribution is 2.46. The fourth-order valence-corrected chi connectivity index (χ4v) is 7.24. The van der Waals surface area contributed by atoms with Gasteiger partial charge in [-0.25, -0.2) is 19.9 Å². The summed E-state index contributed by atoms with van der Waals surface area (Å²) < 4.78 is 6.92. The Kier molecular flexibility index (Phi) is 8.08. The topological polar surface area (TPSA) is 64.7 Å². The van der Waals surface area contributed by atoms with Crippen LogP contribution in [0.15, 0.2) is 199 Å². The number of rotatable bonds is 7. The van der Waals surface area contributed by atoms with Crippen LogP contribution < -0.4 is 0 Å². The standard InChI is InChI=1S/C50H32N4O/c1-5-15-33(16-6-1)34-25-29-39(30-26-34)49-52-48(38-21-11-4-12-22-38)53-50(54-49)40-31-27-35(28-32-40)43-44-45(36-17-7-2-8-18-36)51-42-24-14-13-23-41(42)47(44)55-46(43)37-19-9-3-10-20-37/h1-32H. The minimum atomic E-state index is 0.598. The van der Waals surface area contributed by atoms with Crippen LogP contribution in [-0.4, -0.2) is 19.9 Å². The van der Waals surface area contributed by atoms with Gasteiger partial charge in [0.15, 0.2) is 17.5 Å². The summed E-state index contributed by atoms with van der Waals surface area (Å²) in [5.74, 6) is 2.63. The van der Waals surface area contributed by atoms with E-state index in [0.29, 0.717) is 17.5 Å². The molecule has 0 amide bonds. The van der Waals surface area contributed by atoms with Crippen LogP contribution in [0.2, 0.25) is 0 Å². The molecule has 0 N–H and O–H groups in total. The maximum atomic E-state index is 6.92. The Morgan fingerprint density at radius 3 is 1.27 bits per heavy atom. The van der Waals surface area contributed by atoms with Gasteiger partial charge in [-0.3, -0.25) is 0 Å². The van der Waals surface area contributed by atoms with Gasteiger partial charge in [-0.15, -0.1) is 0 Å². The van der Waals surface area contributed by atoms with E-state index in [9.17, 15) is 0 Å². The first-order valence-electron chi connectivity index (χ1n) is 18.3. The van der Waals surface area contributed by atoms with Gasteiger partial charge < -0.3 is 4.42 Å². The molecule has 0 radical (unpaired) electrons. The van der Waals surface area contributed by atoms with Crippen molar-refractivity contribution in [2.24, 2.45) is 0 Å². The zero-order valence-corrected chi connectivity index (χ0v) is 29.7. The van der Waals surface area contributed by atoms with Crippen molar-refractivity contribution >= 4 is 21.9 Å². The second-order valence-electron chi connectivity index (χ2n) is 13.4. The van der Waals surface area contributed by atoms with Gasteiger partial charge in [0.1, 0.15) is 11.3 Å². The summed E-state index contributed by atoms with van der Waals surface area (Å²) in [6.45, 7) is 0. The maximum absolute atomic E-state index is 6.92. The molecule has 3 aromatic heterocycles. The van der Waals surface area contributed by atoms with Crippen LogP contribution in [-0.2, 0) is 0 Å². The van der Waals surface area contributed by atoms with Gasteiger partial charge in [-0.1, -0.05) is 182 Å². The van der Waals surface area contributed by atoms with Gasteiger partial charge in [0, 0.05) is 38.8 Å². The number of furan rings is 1. The fraction of sp³-hybridized carbons (Fsp3) is 0. The summed E-state index contributed by atoms with van der Waals surface area (Å²) in [5, 5.41) is 1.95. The average molecular weight is 705 g/mol. The number of pyridine rings is 1. The predicted octanol–water partition coefficient (Wildman–Crippen LogP) is 12.8. The van der Waals surface area contributed by atoms with Crippen LogP contribution in [0, 0.1) is 0 Å². The van der Waals surface area contributed by atoms with Crippen molar-refractivity contribution in [2.75, 3.05) is 0 Å². The monoisotopic (exact) mass is 704 g/mol. The van der Waals surface area contributed by atoms with Crippen LogP contribution in [0.4, 0.5) is 0 Å². The summed E-state index contributed by atoms with van der Waals surface area (Å²) in [4.78, 5) is 20.3. The van der Waals surface area contributed by atoms with Crippen molar-refractivity contribution in [3.05, 3.63) is 194 Å². The van der Waals surface area contributed by atoms with Crippen molar-refractivity contribution in [1.82, 2.24) is 19.9 Å². The number of para-hydroxylation sites is 1. The molecule has 0 bridgehead atoms. The predicted molar refractivity (Wildman–Crippen MR) is 223 cm³/mol. The molecule has 5 nitrogen and oxygen atoms in total. The van der Waals surface area contributed by atoms with Crippen molar-refractivity contribution in [3.63, 3.8) is 0 Å². The molecule has 55 heavy (non-hydrogen) atoms. The Labute approximate surface area is 318 Å². The molecular formula is C50H32N4O. The van der Waals surface area contributed by atoms with Crippen LogP contribution in [0.1, 0.15) is 0 Å². The summed E-state index contributed by atoms with van der Waals surface area (Å²) in [5.41, 5.74) is 11.6. The lowest BCUT2D eigenvalue weighted by molar-refractivity contribution is 0.636. The van der Waals surface area contributed by atoms with Gasteiger partial charge in [0.05, 0.1) is 16.6 Å². The molecule has 0 aliphatic rings. The highest BCUT2D eigenvalue weighted by atomic mass is 16.3. The van der Waals surface area contributed by atoms with Gasteiger partial charge >= 0.3 is 0 Å². The van der Waals surface area contributed by atoms with E-state index in [-0.39, 0.29) is 0 Å². The number of hydrogen-bond donors (Lipinski definition) is 0. The average Bonchev–Trinajstić information content (AvgIpc) is 3.68. The van der Waals surface area contributed by atoms with Crippen LogP contribution in [0.5, 0.6) is 0 Å². The molecule has 5 heteroatoms. The molecule has 258 valence electrons. The molecule has 10 aromatic rings. The first-order chi connectivity index (χ1) is 27.3. The number of benzene rings is 7.